The number of nitrogens with two attached hydrogens (primary N) is 1. The molecule has 0 aliphatic carbocycles. The Kier molecular flexibility index (Phi) is 3.42. The number of nitrogens with zero attached hydrogens (tertiary/aromatic N) is 2. The van der Waals surface area contributed by atoms with Crippen LogP contribution < -0.4 is 5.73 Å². The van der Waals surface area contributed by atoms with Crippen LogP contribution in [0.25, 0.3) is 0 Å². The van der Waals surface area contributed by atoms with Gasteiger partial charge in [-0.2, -0.15) is 5.10 Å². The van der Waals surface area contributed by atoms with Gasteiger partial charge in [-0.3, -0.25) is 4.68 Å². The average Bonchev–Trinajstić information content (AvgIpc) is 2.40. The summed E-state index contributed by atoms with van der Waals surface area (Å²) in [6.07, 6.45) is 2.20. The first-order valence-electron chi connectivity index (χ1n) is 5.63. The van der Waals surface area contributed by atoms with Crippen LogP contribution >= 0.6 is 0 Å². The van der Waals surface area contributed by atoms with Crippen molar-refractivity contribution in [1.29, 1.82) is 0 Å². The van der Waals surface area contributed by atoms with Gasteiger partial charge in [0.05, 0.1) is 5.69 Å². The maximum absolute atomic E-state index is 5.77. The average molecular weight is 209 g/mol. The predicted octanol–water partition coefficient (Wildman–Crippen LogP) is 2.62. The maximum atomic E-state index is 5.77. The lowest BCUT2D eigenvalue weighted by Gasteiger charge is -2.29. The summed E-state index contributed by atoms with van der Waals surface area (Å²) in [4.78, 5) is 0. The third-order valence-electron chi connectivity index (χ3n) is 3.14. The SMILES string of the molecule is CCC(Cc1cc(N)n(C)n1)C(C)(C)C. The molecule has 0 fully saturated rings. The minimum atomic E-state index is 0.334. The summed E-state index contributed by atoms with van der Waals surface area (Å²) in [6, 6.07) is 1.98. The Morgan fingerprint density at radius 3 is 2.40 bits per heavy atom. The summed E-state index contributed by atoms with van der Waals surface area (Å²) < 4.78 is 1.74. The number of hydrogen-bond acceptors (Lipinski definition) is 2. The van der Waals surface area contributed by atoms with E-state index in [1.807, 2.05) is 13.1 Å². The standard InChI is InChI=1S/C12H23N3/c1-6-9(12(2,3)4)7-10-8-11(13)15(5)14-10/h8-9H,6-7,13H2,1-5H3. The molecule has 0 amide bonds. The lowest BCUT2D eigenvalue weighted by atomic mass is 9.76. The van der Waals surface area contributed by atoms with Gasteiger partial charge < -0.3 is 5.73 Å². The molecule has 0 saturated heterocycles. The molecule has 0 bridgehead atoms. The zero-order valence-corrected chi connectivity index (χ0v) is 10.5. The van der Waals surface area contributed by atoms with Crippen LogP contribution in [-0.4, -0.2) is 9.78 Å². The van der Waals surface area contributed by atoms with Gasteiger partial charge in [0.1, 0.15) is 5.82 Å². The highest BCUT2D eigenvalue weighted by Gasteiger charge is 2.23. The van der Waals surface area contributed by atoms with E-state index in [4.69, 9.17) is 5.73 Å². The van der Waals surface area contributed by atoms with Crippen molar-refractivity contribution in [2.24, 2.45) is 18.4 Å². The van der Waals surface area contributed by atoms with E-state index in [0.29, 0.717) is 11.3 Å². The van der Waals surface area contributed by atoms with Gasteiger partial charge in [0.25, 0.3) is 0 Å². The molecule has 1 atom stereocenters. The van der Waals surface area contributed by atoms with Crippen LogP contribution in [0.2, 0.25) is 0 Å². The van der Waals surface area contributed by atoms with Gasteiger partial charge in [0, 0.05) is 13.1 Å². The zero-order valence-electron chi connectivity index (χ0n) is 10.5. The third kappa shape index (κ3) is 2.98. The van der Waals surface area contributed by atoms with Gasteiger partial charge in [-0.25, -0.2) is 0 Å². The Labute approximate surface area is 92.7 Å². The summed E-state index contributed by atoms with van der Waals surface area (Å²) >= 11 is 0. The third-order valence-corrected chi connectivity index (χ3v) is 3.14. The molecular formula is C12H23N3. The van der Waals surface area contributed by atoms with E-state index in [9.17, 15) is 0 Å². The van der Waals surface area contributed by atoms with Gasteiger partial charge in [-0.15, -0.1) is 0 Å². The summed E-state index contributed by atoms with van der Waals surface area (Å²) in [5, 5.41) is 4.40. The highest BCUT2D eigenvalue weighted by molar-refractivity contribution is 5.30. The fourth-order valence-corrected chi connectivity index (χ4v) is 1.96. The first-order chi connectivity index (χ1) is 6.84. The van der Waals surface area contributed by atoms with Gasteiger partial charge in [-0.1, -0.05) is 34.1 Å². The second-order valence-electron chi connectivity index (χ2n) is 5.36. The van der Waals surface area contributed by atoms with E-state index in [1.54, 1.807) is 4.68 Å². The molecule has 0 aliphatic rings. The van der Waals surface area contributed by atoms with Gasteiger partial charge >= 0.3 is 0 Å². The van der Waals surface area contributed by atoms with E-state index < -0.39 is 0 Å². The van der Waals surface area contributed by atoms with Crippen molar-refractivity contribution >= 4 is 5.82 Å². The Bertz CT molecular complexity index is 301. The van der Waals surface area contributed by atoms with Crippen molar-refractivity contribution in [3.8, 4) is 0 Å². The van der Waals surface area contributed by atoms with E-state index in [-0.39, 0.29) is 0 Å². The van der Waals surface area contributed by atoms with E-state index in [1.165, 1.54) is 6.42 Å². The molecule has 0 radical (unpaired) electrons. The largest absolute Gasteiger partial charge is 0.384 e. The summed E-state index contributed by atoms with van der Waals surface area (Å²) in [5.41, 5.74) is 7.21. The Hall–Kier alpha value is -0.990. The minimum Gasteiger partial charge on any atom is -0.384 e. The lowest BCUT2D eigenvalue weighted by molar-refractivity contribution is 0.229. The lowest BCUT2D eigenvalue weighted by Crippen LogP contribution is -2.22. The fraction of sp³-hybridized carbons (Fsp3) is 0.750. The first-order valence-corrected chi connectivity index (χ1v) is 5.63. The number of nitrogen functional groups attached to an aromatic ring is 1. The van der Waals surface area contributed by atoms with Gasteiger partial charge in [0.2, 0.25) is 0 Å². The van der Waals surface area contributed by atoms with Crippen LogP contribution in [0.5, 0.6) is 0 Å². The molecule has 0 saturated carbocycles. The van der Waals surface area contributed by atoms with Crippen LogP contribution in [0, 0.1) is 11.3 Å². The van der Waals surface area contributed by atoms with Crippen LogP contribution in [0.1, 0.15) is 39.8 Å². The molecule has 0 spiro atoms. The number of aryl methyl sites for hydroxylation is 1. The number of aromatic nitrogens is 2. The Morgan fingerprint density at radius 1 is 1.47 bits per heavy atom. The number of anilines is 1. The van der Waals surface area contributed by atoms with Crippen LogP contribution in [-0.2, 0) is 13.5 Å². The van der Waals surface area contributed by atoms with E-state index in [0.717, 1.165) is 17.9 Å². The topological polar surface area (TPSA) is 43.8 Å². The van der Waals surface area contributed by atoms with Crippen LogP contribution in [0.15, 0.2) is 6.07 Å². The smallest absolute Gasteiger partial charge is 0.121 e. The summed E-state index contributed by atoms with van der Waals surface area (Å²) in [5.74, 6) is 1.40. The van der Waals surface area contributed by atoms with Crippen molar-refractivity contribution in [3.05, 3.63) is 11.8 Å². The monoisotopic (exact) mass is 209 g/mol. The molecule has 1 aromatic rings. The highest BCUT2D eigenvalue weighted by Crippen LogP contribution is 2.31. The predicted molar refractivity (Wildman–Crippen MR) is 64.6 cm³/mol. The van der Waals surface area contributed by atoms with Gasteiger partial charge in [-0.05, 0) is 17.8 Å². The Morgan fingerprint density at radius 2 is 2.07 bits per heavy atom. The maximum Gasteiger partial charge on any atom is 0.121 e. The van der Waals surface area contributed by atoms with Crippen molar-refractivity contribution in [3.63, 3.8) is 0 Å². The molecule has 15 heavy (non-hydrogen) atoms. The molecule has 1 rings (SSSR count). The normalized spacial score (nSPS) is 14.2. The first kappa shape index (κ1) is 12.1. The molecule has 1 aromatic heterocycles. The summed E-state index contributed by atoms with van der Waals surface area (Å²) in [6.45, 7) is 9.09. The second-order valence-corrected chi connectivity index (χ2v) is 5.36. The zero-order chi connectivity index (χ0) is 11.6. The van der Waals surface area contributed by atoms with Crippen molar-refractivity contribution < 1.29 is 0 Å². The summed E-state index contributed by atoms with van der Waals surface area (Å²) in [7, 11) is 1.89. The molecule has 1 unspecified atom stereocenters. The molecule has 86 valence electrons. The van der Waals surface area contributed by atoms with Crippen molar-refractivity contribution in [1.82, 2.24) is 9.78 Å². The molecule has 0 aromatic carbocycles. The highest BCUT2D eigenvalue weighted by atomic mass is 15.3. The quantitative estimate of drug-likeness (QED) is 0.831. The molecule has 3 heteroatoms. The molecular weight excluding hydrogens is 186 g/mol. The number of hydrogen-bond donors (Lipinski definition) is 1. The molecule has 0 aliphatic heterocycles. The fourth-order valence-electron chi connectivity index (χ4n) is 1.96. The Balaban J connectivity index is 2.75. The van der Waals surface area contributed by atoms with Crippen molar-refractivity contribution in [2.75, 3.05) is 5.73 Å². The van der Waals surface area contributed by atoms with Gasteiger partial charge in [0.15, 0.2) is 0 Å². The van der Waals surface area contributed by atoms with Crippen molar-refractivity contribution in [2.45, 2.75) is 40.5 Å². The van der Waals surface area contributed by atoms with Crippen LogP contribution in [0.3, 0.4) is 0 Å². The minimum absolute atomic E-state index is 0.334. The molecule has 2 N–H and O–H groups in total. The van der Waals surface area contributed by atoms with E-state index >= 15 is 0 Å². The second kappa shape index (κ2) is 4.25. The number of rotatable bonds is 3. The van der Waals surface area contributed by atoms with E-state index in [2.05, 4.69) is 32.8 Å². The van der Waals surface area contributed by atoms with Crippen LogP contribution in [0.4, 0.5) is 5.82 Å². The molecule has 3 nitrogen and oxygen atoms in total. The molecule has 1 heterocycles.